The van der Waals surface area contributed by atoms with E-state index in [1.54, 1.807) is 18.0 Å². The van der Waals surface area contributed by atoms with Crippen molar-refractivity contribution in [1.82, 2.24) is 10.2 Å². The van der Waals surface area contributed by atoms with Crippen LogP contribution in [0.25, 0.3) is 11.5 Å². The lowest BCUT2D eigenvalue weighted by Gasteiger charge is -2.02. The minimum atomic E-state index is 0.728. The van der Waals surface area contributed by atoms with Crippen LogP contribution in [0.15, 0.2) is 64.2 Å². The molecule has 20 heavy (non-hydrogen) atoms. The highest BCUT2D eigenvalue weighted by molar-refractivity contribution is 7.98. The number of hydrogen-bond donors (Lipinski definition) is 0. The molecule has 0 bridgehead atoms. The molecule has 5 heteroatoms. The molecule has 3 aromatic rings. The van der Waals surface area contributed by atoms with E-state index >= 15 is 0 Å². The van der Waals surface area contributed by atoms with Crippen molar-refractivity contribution in [1.29, 1.82) is 0 Å². The first-order valence-corrected chi connectivity index (χ1v) is 7.42. The Bertz CT molecular complexity index is 666. The van der Waals surface area contributed by atoms with Crippen molar-refractivity contribution in [2.24, 2.45) is 0 Å². The quantitative estimate of drug-likeness (QED) is 0.656. The van der Waals surface area contributed by atoms with E-state index < -0.39 is 0 Å². The number of benzene rings is 1. The van der Waals surface area contributed by atoms with E-state index in [0.717, 1.165) is 27.3 Å². The van der Waals surface area contributed by atoms with Gasteiger partial charge in [-0.2, -0.15) is 0 Å². The minimum absolute atomic E-state index is 0.728. The monoisotopic (exact) mass is 302 g/mol. The summed E-state index contributed by atoms with van der Waals surface area (Å²) in [7, 11) is 0. The summed E-state index contributed by atoms with van der Waals surface area (Å²) >= 11 is 7.50. The van der Waals surface area contributed by atoms with Crippen LogP contribution in [0.4, 0.5) is 0 Å². The lowest BCUT2D eigenvalue weighted by Crippen LogP contribution is -1.89. The molecule has 2 heterocycles. The first-order chi connectivity index (χ1) is 9.81. The number of hydrogen-bond acceptors (Lipinski definition) is 4. The molecule has 1 aromatic carbocycles. The normalized spacial score (nSPS) is 10.7. The zero-order chi connectivity index (χ0) is 13.8. The fraction of sp³-hybridized carbons (Fsp3) is 0.0667. The molecule has 3 rings (SSSR count). The van der Waals surface area contributed by atoms with Gasteiger partial charge < -0.3 is 4.42 Å². The fourth-order valence-electron chi connectivity index (χ4n) is 1.69. The Hall–Kier alpha value is -1.78. The fourth-order valence-corrected chi connectivity index (χ4v) is 2.59. The Labute approximate surface area is 126 Å². The van der Waals surface area contributed by atoms with Gasteiger partial charge in [0.25, 0.3) is 0 Å². The third-order valence-corrected chi connectivity index (χ3v) is 3.96. The van der Waals surface area contributed by atoms with Gasteiger partial charge >= 0.3 is 0 Å². The molecule has 0 saturated heterocycles. The van der Waals surface area contributed by atoms with Gasteiger partial charge in [0.05, 0.1) is 6.26 Å². The number of aromatic nitrogens is 2. The van der Waals surface area contributed by atoms with Crippen LogP contribution in [0, 0.1) is 0 Å². The van der Waals surface area contributed by atoms with Gasteiger partial charge in [0.1, 0.15) is 10.7 Å². The van der Waals surface area contributed by atoms with Gasteiger partial charge in [-0.05, 0) is 42.0 Å². The van der Waals surface area contributed by atoms with Gasteiger partial charge in [-0.25, -0.2) is 0 Å². The Morgan fingerprint density at radius 1 is 1.00 bits per heavy atom. The second kappa shape index (κ2) is 6.11. The lowest BCUT2D eigenvalue weighted by molar-refractivity contribution is 0.578. The van der Waals surface area contributed by atoms with E-state index in [9.17, 15) is 0 Å². The van der Waals surface area contributed by atoms with Crippen LogP contribution in [0.2, 0.25) is 5.02 Å². The predicted octanol–water partition coefficient (Wildman–Crippen LogP) is 4.68. The van der Waals surface area contributed by atoms with Gasteiger partial charge in [0, 0.05) is 10.8 Å². The second-order valence-electron chi connectivity index (χ2n) is 4.15. The van der Waals surface area contributed by atoms with E-state index in [4.69, 9.17) is 16.0 Å². The second-order valence-corrected chi connectivity index (χ2v) is 5.58. The van der Waals surface area contributed by atoms with Crippen molar-refractivity contribution in [2.75, 3.05) is 0 Å². The van der Waals surface area contributed by atoms with Crippen LogP contribution in [0.3, 0.4) is 0 Å². The molecule has 2 aromatic heterocycles. The van der Waals surface area contributed by atoms with Gasteiger partial charge in [-0.1, -0.05) is 35.5 Å². The molecule has 0 amide bonds. The summed E-state index contributed by atoms with van der Waals surface area (Å²) in [5.41, 5.74) is 1.95. The maximum atomic E-state index is 5.86. The topological polar surface area (TPSA) is 38.9 Å². The van der Waals surface area contributed by atoms with E-state index in [1.165, 1.54) is 5.56 Å². The van der Waals surface area contributed by atoms with Gasteiger partial charge in [0.15, 0.2) is 5.76 Å². The third kappa shape index (κ3) is 3.21. The van der Waals surface area contributed by atoms with E-state index in [1.807, 2.05) is 48.5 Å². The highest BCUT2D eigenvalue weighted by atomic mass is 35.5. The molecule has 0 spiro atoms. The van der Waals surface area contributed by atoms with Gasteiger partial charge in [-0.3, -0.25) is 0 Å². The number of thioether (sulfide) groups is 1. The average molecular weight is 303 g/mol. The van der Waals surface area contributed by atoms with Crippen molar-refractivity contribution in [2.45, 2.75) is 10.8 Å². The molecule has 0 atom stereocenters. The van der Waals surface area contributed by atoms with Crippen molar-refractivity contribution in [3.05, 3.63) is 65.4 Å². The van der Waals surface area contributed by atoms with E-state index in [2.05, 4.69) is 10.2 Å². The van der Waals surface area contributed by atoms with Crippen LogP contribution < -0.4 is 0 Å². The van der Waals surface area contributed by atoms with Crippen molar-refractivity contribution in [3.63, 3.8) is 0 Å². The van der Waals surface area contributed by atoms with Crippen molar-refractivity contribution < 1.29 is 4.42 Å². The summed E-state index contributed by atoms with van der Waals surface area (Å²) in [4.78, 5) is 0. The first-order valence-electron chi connectivity index (χ1n) is 6.06. The molecular formula is C15H11ClN2OS. The number of nitrogens with zero attached hydrogens (tertiary/aromatic N) is 2. The SMILES string of the molecule is Clc1ccc(CSc2ccc(-c3ccco3)nn2)cc1. The lowest BCUT2D eigenvalue weighted by atomic mass is 10.2. The Kier molecular flexibility index (Phi) is 4.04. The standard InChI is InChI=1S/C15H11ClN2OS/c16-12-5-3-11(4-6-12)10-20-15-8-7-13(17-18-15)14-2-1-9-19-14/h1-9H,10H2. The van der Waals surface area contributed by atoms with Crippen molar-refractivity contribution in [3.8, 4) is 11.5 Å². The van der Waals surface area contributed by atoms with Gasteiger partial charge in [0.2, 0.25) is 0 Å². The Balaban J connectivity index is 1.65. The highest BCUT2D eigenvalue weighted by Crippen LogP contribution is 2.23. The molecule has 3 nitrogen and oxygen atoms in total. The molecule has 0 radical (unpaired) electrons. The molecule has 0 saturated carbocycles. The molecule has 0 unspecified atom stereocenters. The zero-order valence-electron chi connectivity index (χ0n) is 10.5. The van der Waals surface area contributed by atoms with E-state index in [-0.39, 0.29) is 0 Å². The molecule has 0 aliphatic carbocycles. The molecule has 0 aliphatic heterocycles. The van der Waals surface area contributed by atoms with Gasteiger partial charge in [-0.15, -0.1) is 10.2 Å². The van der Waals surface area contributed by atoms with Crippen LogP contribution >= 0.6 is 23.4 Å². The summed E-state index contributed by atoms with van der Waals surface area (Å²) in [6.07, 6.45) is 1.63. The van der Waals surface area contributed by atoms with Crippen molar-refractivity contribution >= 4 is 23.4 Å². The maximum absolute atomic E-state index is 5.86. The average Bonchev–Trinajstić information content (AvgIpc) is 3.01. The smallest absolute Gasteiger partial charge is 0.154 e. The largest absolute Gasteiger partial charge is 0.463 e. The van der Waals surface area contributed by atoms with Crippen LogP contribution in [0.5, 0.6) is 0 Å². The predicted molar refractivity (Wildman–Crippen MR) is 80.7 cm³/mol. The Morgan fingerprint density at radius 2 is 1.85 bits per heavy atom. The summed E-state index contributed by atoms with van der Waals surface area (Å²) in [6.45, 7) is 0. The van der Waals surface area contributed by atoms with Crippen LogP contribution in [-0.2, 0) is 5.75 Å². The summed E-state index contributed by atoms with van der Waals surface area (Å²) in [5.74, 6) is 1.57. The summed E-state index contributed by atoms with van der Waals surface area (Å²) in [6, 6.07) is 15.4. The van der Waals surface area contributed by atoms with E-state index in [0.29, 0.717) is 0 Å². The Morgan fingerprint density at radius 3 is 2.50 bits per heavy atom. The highest BCUT2D eigenvalue weighted by Gasteiger charge is 2.04. The molecule has 100 valence electrons. The summed E-state index contributed by atoms with van der Waals surface area (Å²) < 4.78 is 5.28. The first kappa shape index (κ1) is 13.2. The molecule has 0 aliphatic rings. The maximum Gasteiger partial charge on any atom is 0.154 e. The van der Waals surface area contributed by atoms with Crippen LogP contribution in [-0.4, -0.2) is 10.2 Å². The van der Waals surface area contributed by atoms with Crippen LogP contribution in [0.1, 0.15) is 5.56 Å². The zero-order valence-corrected chi connectivity index (χ0v) is 12.1. The number of halogens is 1. The number of furan rings is 1. The molecular weight excluding hydrogens is 292 g/mol. The summed E-state index contributed by atoms with van der Waals surface area (Å²) in [5, 5.41) is 9.99. The molecule has 0 N–H and O–H groups in total. The number of rotatable bonds is 4. The minimum Gasteiger partial charge on any atom is -0.463 e. The molecule has 0 fully saturated rings. The third-order valence-electron chi connectivity index (χ3n) is 2.71.